The average molecular weight is 673 g/mol. The first-order valence-corrected chi connectivity index (χ1v) is 16.8. The molecule has 3 heteroatoms. The fourth-order valence-electron chi connectivity index (χ4n) is 8.66. The SMILES string of the molecule is CC1=[C-]C(C)C=C1CC12CC3CC(CC(C3)C1)C2.Cc1ccc([CH]=[Zr+2])cc1.[Cl-].[Cl-].[c-]1cccc2c1Cc1ccccc1-2. The van der Waals surface area contributed by atoms with Gasteiger partial charge in [0.25, 0.3) is 0 Å². The summed E-state index contributed by atoms with van der Waals surface area (Å²) < 4.78 is 2.19. The molecule has 0 amide bonds. The third kappa shape index (κ3) is 7.57. The number of hydrogen-bond acceptors (Lipinski definition) is 0. The minimum Gasteiger partial charge on any atom is -1.00 e. The van der Waals surface area contributed by atoms with Crippen LogP contribution in [0.2, 0.25) is 0 Å². The molecule has 0 radical (unpaired) electrons. The number of aryl methyl sites for hydroxylation is 1. The van der Waals surface area contributed by atoms with E-state index in [4.69, 9.17) is 0 Å². The smallest absolute Gasteiger partial charge is 0.0253 e. The van der Waals surface area contributed by atoms with Gasteiger partial charge in [-0.15, -0.1) is 5.56 Å². The Morgan fingerprint density at radius 1 is 0.833 bits per heavy atom. The van der Waals surface area contributed by atoms with E-state index in [1.807, 2.05) is 6.07 Å². The van der Waals surface area contributed by atoms with E-state index < -0.39 is 0 Å². The van der Waals surface area contributed by atoms with Gasteiger partial charge >= 0.3 is 70.3 Å². The van der Waals surface area contributed by atoms with Crippen molar-refractivity contribution in [3.05, 3.63) is 118 Å². The zero-order valence-corrected chi connectivity index (χ0v) is 29.2. The molecule has 4 fully saturated rings. The van der Waals surface area contributed by atoms with Gasteiger partial charge in [-0.25, -0.2) is 5.57 Å². The molecule has 0 aromatic heterocycles. The summed E-state index contributed by atoms with van der Waals surface area (Å²) in [5.74, 6) is 3.82. The van der Waals surface area contributed by atoms with Gasteiger partial charge in [0, 0.05) is 0 Å². The van der Waals surface area contributed by atoms with E-state index >= 15 is 0 Å². The molecule has 3 aromatic rings. The van der Waals surface area contributed by atoms with Crippen LogP contribution in [-0.4, -0.2) is 3.71 Å². The molecule has 0 saturated heterocycles. The second kappa shape index (κ2) is 14.5. The van der Waals surface area contributed by atoms with Gasteiger partial charge in [-0.3, -0.25) is 6.08 Å². The van der Waals surface area contributed by atoms with Crippen molar-refractivity contribution in [3.63, 3.8) is 0 Å². The molecular formula is C39H42Cl2Zr-2. The normalized spacial score (nSPS) is 27.0. The number of hydrogen-bond donors (Lipinski definition) is 0. The van der Waals surface area contributed by atoms with Gasteiger partial charge in [0.2, 0.25) is 0 Å². The Balaban J connectivity index is 0.000000150. The summed E-state index contributed by atoms with van der Waals surface area (Å²) in [6.07, 6.45) is 17.8. The van der Waals surface area contributed by atoms with Crippen molar-refractivity contribution >= 4 is 3.71 Å². The van der Waals surface area contributed by atoms with Gasteiger partial charge in [-0.1, -0.05) is 61.6 Å². The first-order valence-electron chi connectivity index (χ1n) is 15.4. The summed E-state index contributed by atoms with van der Waals surface area (Å²) in [6.45, 7) is 6.65. The summed E-state index contributed by atoms with van der Waals surface area (Å²) in [5.41, 5.74) is 12.0. The monoisotopic (exact) mass is 670 g/mol. The van der Waals surface area contributed by atoms with E-state index in [1.165, 1.54) is 69.6 Å². The van der Waals surface area contributed by atoms with Crippen LogP contribution in [0.1, 0.15) is 81.0 Å². The van der Waals surface area contributed by atoms with Gasteiger partial charge in [0.1, 0.15) is 0 Å². The fourth-order valence-corrected chi connectivity index (χ4v) is 9.14. The van der Waals surface area contributed by atoms with Crippen LogP contribution in [0.3, 0.4) is 0 Å². The van der Waals surface area contributed by atoms with Crippen molar-refractivity contribution in [1.29, 1.82) is 0 Å². The van der Waals surface area contributed by atoms with Crippen LogP contribution >= 0.6 is 0 Å². The summed E-state index contributed by atoms with van der Waals surface area (Å²) >= 11 is 1.47. The molecule has 218 valence electrons. The maximum atomic E-state index is 3.57. The number of benzene rings is 3. The van der Waals surface area contributed by atoms with Crippen LogP contribution < -0.4 is 24.8 Å². The maximum Gasteiger partial charge on any atom is -0.0253 e. The first-order chi connectivity index (χ1) is 19.4. The molecule has 6 aliphatic carbocycles. The molecule has 42 heavy (non-hydrogen) atoms. The second-order valence-corrected chi connectivity index (χ2v) is 14.0. The molecule has 1 unspecified atom stereocenters. The summed E-state index contributed by atoms with van der Waals surface area (Å²) in [4.78, 5) is 0. The van der Waals surface area contributed by atoms with Crippen molar-refractivity contribution in [2.24, 2.45) is 29.1 Å². The van der Waals surface area contributed by atoms with Crippen LogP contribution in [0.25, 0.3) is 11.1 Å². The Morgan fingerprint density at radius 3 is 2.05 bits per heavy atom. The Kier molecular flexibility index (Phi) is 11.5. The molecular weight excluding hydrogens is 631 g/mol. The molecule has 4 saturated carbocycles. The third-order valence-corrected chi connectivity index (χ3v) is 10.8. The van der Waals surface area contributed by atoms with E-state index in [1.54, 1.807) is 44.1 Å². The van der Waals surface area contributed by atoms with E-state index in [0.29, 0.717) is 11.3 Å². The molecule has 1 atom stereocenters. The zero-order valence-electron chi connectivity index (χ0n) is 25.2. The number of allylic oxidation sites excluding steroid dienone is 4. The van der Waals surface area contributed by atoms with E-state index in [-0.39, 0.29) is 24.8 Å². The molecule has 9 rings (SSSR count). The fraction of sp³-hybridized carbons (Fsp3) is 0.410. The van der Waals surface area contributed by atoms with Gasteiger partial charge in [0.05, 0.1) is 0 Å². The van der Waals surface area contributed by atoms with E-state index in [0.717, 1.165) is 24.2 Å². The van der Waals surface area contributed by atoms with Crippen LogP contribution in [0.4, 0.5) is 0 Å². The van der Waals surface area contributed by atoms with Gasteiger partial charge in [-0.05, 0) is 68.1 Å². The summed E-state index contributed by atoms with van der Waals surface area (Å²) in [5, 5.41) is 0. The van der Waals surface area contributed by atoms with Gasteiger partial charge < -0.3 is 24.8 Å². The molecule has 0 N–H and O–H groups in total. The Morgan fingerprint density at radius 2 is 1.45 bits per heavy atom. The third-order valence-electron chi connectivity index (χ3n) is 9.97. The zero-order chi connectivity index (χ0) is 27.7. The van der Waals surface area contributed by atoms with Crippen molar-refractivity contribution in [2.45, 2.75) is 72.1 Å². The minimum atomic E-state index is 0. The average Bonchev–Trinajstić information content (AvgIpc) is 3.47. The Labute approximate surface area is 281 Å². The van der Waals surface area contributed by atoms with Crippen LogP contribution in [-0.2, 0) is 30.7 Å². The minimum absolute atomic E-state index is 0. The molecule has 0 spiro atoms. The predicted octanol–water partition coefficient (Wildman–Crippen LogP) is 3.68. The quantitative estimate of drug-likeness (QED) is 0.292. The molecule has 4 bridgehead atoms. The predicted molar refractivity (Wildman–Crippen MR) is 165 cm³/mol. The standard InChI is InChI=1S/C18H25.C13H9.C8H8.2ClH.Zr/c1-12-3-13(2)17(4-12)11-18-8-14-5-15(9-18)7-16(6-14)10-18;1-3-7-12-10(5-1)9-11-6-2-4-8-13(11)12;1-7-3-5-8(2)6-4-7;;;/h4,12,14-16H,5-11H2,1-2H3;1-5,7-8H,9H2;1,3-6H,2H3;2*1H;/q2*-1;;;;+2/p-2. The van der Waals surface area contributed by atoms with Crippen molar-refractivity contribution in [3.8, 4) is 11.1 Å². The topological polar surface area (TPSA) is 0 Å². The number of rotatable bonds is 3. The summed E-state index contributed by atoms with van der Waals surface area (Å²) in [6, 6.07) is 26.7. The maximum absolute atomic E-state index is 3.57. The summed E-state index contributed by atoms with van der Waals surface area (Å²) in [7, 11) is 0. The van der Waals surface area contributed by atoms with Crippen molar-refractivity contribution in [1.82, 2.24) is 0 Å². The van der Waals surface area contributed by atoms with Crippen molar-refractivity contribution < 1.29 is 49.0 Å². The molecule has 0 heterocycles. The molecule has 0 aliphatic heterocycles. The molecule has 3 aromatic carbocycles. The van der Waals surface area contributed by atoms with Crippen LogP contribution in [0.15, 0.2) is 84.0 Å². The number of halogens is 2. The Hall–Kier alpha value is -1.53. The van der Waals surface area contributed by atoms with Crippen LogP contribution in [0.5, 0.6) is 0 Å². The van der Waals surface area contributed by atoms with E-state index in [2.05, 4.69) is 103 Å². The largest absolute Gasteiger partial charge is 1.00 e. The van der Waals surface area contributed by atoms with Crippen LogP contribution in [0, 0.1) is 48.2 Å². The first kappa shape index (κ1) is 33.4. The van der Waals surface area contributed by atoms with Crippen molar-refractivity contribution in [2.75, 3.05) is 0 Å². The Bertz CT molecular complexity index is 1350. The van der Waals surface area contributed by atoms with E-state index in [9.17, 15) is 0 Å². The second-order valence-electron chi connectivity index (χ2n) is 13.3. The van der Waals surface area contributed by atoms with Gasteiger partial charge in [0.15, 0.2) is 0 Å². The molecule has 0 nitrogen and oxygen atoms in total. The number of fused-ring (bicyclic) bond motifs is 3. The van der Waals surface area contributed by atoms with Gasteiger partial charge in [-0.2, -0.15) is 41.5 Å². The molecule has 6 aliphatic rings.